The van der Waals surface area contributed by atoms with Gasteiger partial charge in [0.05, 0.1) is 12.0 Å². The van der Waals surface area contributed by atoms with Crippen LogP contribution in [0.4, 0.5) is 18.0 Å². The lowest BCUT2D eigenvalue weighted by molar-refractivity contribution is -0.141. The van der Waals surface area contributed by atoms with Gasteiger partial charge in [-0.3, -0.25) is 10.1 Å². The van der Waals surface area contributed by atoms with Crippen molar-refractivity contribution in [2.24, 2.45) is 0 Å². The summed E-state index contributed by atoms with van der Waals surface area (Å²) in [5, 5.41) is 5.39. The molecule has 3 rings (SSSR count). The molecule has 158 valence electrons. The molecule has 29 heavy (non-hydrogen) atoms. The predicted octanol–water partition coefficient (Wildman–Crippen LogP) is 3.90. The molecule has 2 aromatic rings. The molecule has 2 heterocycles. The molecule has 0 saturated carbocycles. The number of nitrogens with zero attached hydrogens (tertiary/aromatic N) is 2. The van der Waals surface area contributed by atoms with E-state index in [0.717, 1.165) is 0 Å². The molecule has 1 fully saturated rings. The average molecular weight is 413 g/mol. The second kappa shape index (κ2) is 8.30. The Bertz CT molecular complexity index is 910. The van der Waals surface area contributed by atoms with Crippen LogP contribution in [0, 0.1) is 0 Å². The number of carbonyl (C=O) groups is 2. The van der Waals surface area contributed by atoms with E-state index in [4.69, 9.17) is 9.26 Å². The summed E-state index contributed by atoms with van der Waals surface area (Å²) in [4.78, 5) is 24.8. The molecule has 0 bridgehead atoms. The van der Waals surface area contributed by atoms with Crippen molar-refractivity contribution in [1.82, 2.24) is 15.4 Å². The molecule has 3 amide bonds. The maximum Gasteiger partial charge on any atom is 0.437 e. The van der Waals surface area contributed by atoms with Crippen molar-refractivity contribution < 1.29 is 32.0 Å². The van der Waals surface area contributed by atoms with Crippen LogP contribution in [0.1, 0.15) is 44.4 Å². The molecule has 1 aromatic heterocycles. The number of carbonyl (C=O) groups excluding carboxylic acids is 2. The van der Waals surface area contributed by atoms with Crippen molar-refractivity contribution >= 4 is 22.9 Å². The molecule has 1 aliphatic rings. The first kappa shape index (κ1) is 20.9. The van der Waals surface area contributed by atoms with E-state index >= 15 is 0 Å². The summed E-state index contributed by atoms with van der Waals surface area (Å²) in [6.45, 7) is 4.35. The van der Waals surface area contributed by atoms with Gasteiger partial charge in [0.1, 0.15) is 5.75 Å². The molecule has 1 atom stereocenters. The van der Waals surface area contributed by atoms with Gasteiger partial charge >= 0.3 is 12.2 Å². The number of aromatic nitrogens is 1. The Labute approximate surface area is 165 Å². The van der Waals surface area contributed by atoms with E-state index in [1.54, 1.807) is 11.8 Å². The molecule has 1 saturated heterocycles. The van der Waals surface area contributed by atoms with Crippen molar-refractivity contribution in [3.63, 3.8) is 0 Å². The van der Waals surface area contributed by atoms with E-state index in [0.29, 0.717) is 37.1 Å². The smallest absolute Gasteiger partial charge is 0.437 e. The van der Waals surface area contributed by atoms with Crippen molar-refractivity contribution in [2.45, 2.75) is 51.7 Å². The van der Waals surface area contributed by atoms with Gasteiger partial charge < -0.3 is 14.2 Å². The van der Waals surface area contributed by atoms with Crippen LogP contribution in [0.2, 0.25) is 0 Å². The van der Waals surface area contributed by atoms with Crippen LogP contribution in [0.3, 0.4) is 0 Å². The first-order valence-corrected chi connectivity index (χ1v) is 9.44. The molecule has 0 aliphatic carbocycles. The number of alkyl halides is 3. The van der Waals surface area contributed by atoms with Crippen molar-refractivity contribution in [2.75, 3.05) is 13.2 Å². The maximum absolute atomic E-state index is 13.1. The fraction of sp³-hybridized carbons (Fsp3) is 0.526. The number of amides is 3. The number of urea groups is 1. The molecule has 10 heteroatoms. The normalized spacial score (nSPS) is 17.7. The number of hydrogen-bond donors (Lipinski definition) is 1. The molecule has 0 spiro atoms. The topological polar surface area (TPSA) is 84.7 Å². The molecular weight excluding hydrogens is 391 g/mol. The lowest BCUT2D eigenvalue weighted by Crippen LogP contribution is -2.54. The third-order valence-corrected chi connectivity index (χ3v) is 4.79. The monoisotopic (exact) mass is 413 g/mol. The quantitative estimate of drug-likeness (QED) is 0.696. The first-order valence-electron chi connectivity index (χ1n) is 9.44. The summed E-state index contributed by atoms with van der Waals surface area (Å²) in [6.07, 6.45) is -2.68. The van der Waals surface area contributed by atoms with E-state index in [-0.39, 0.29) is 35.9 Å². The van der Waals surface area contributed by atoms with Crippen LogP contribution in [0.25, 0.3) is 11.0 Å². The summed E-state index contributed by atoms with van der Waals surface area (Å²) < 4.78 is 50.0. The van der Waals surface area contributed by atoms with Crippen LogP contribution < -0.4 is 10.1 Å². The lowest BCUT2D eigenvalue weighted by atomic mass is 10.0. The minimum absolute atomic E-state index is 0.0826. The van der Waals surface area contributed by atoms with Gasteiger partial charge in [0.15, 0.2) is 11.3 Å². The molecule has 1 N–H and O–H groups in total. The Morgan fingerprint density at radius 3 is 2.76 bits per heavy atom. The van der Waals surface area contributed by atoms with Gasteiger partial charge in [-0.05, 0) is 31.9 Å². The fourth-order valence-corrected chi connectivity index (χ4v) is 3.43. The van der Waals surface area contributed by atoms with Crippen molar-refractivity contribution in [3.05, 3.63) is 23.4 Å². The zero-order valence-electron chi connectivity index (χ0n) is 16.1. The van der Waals surface area contributed by atoms with Gasteiger partial charge in [0.25, 0.3) is 0 Å². The fourth-order valence-electron chi connectivity index (χ4n) is 3.43. The van der Waals surface area contributed by atoms with Crippen LogP contribution in [0.5, 0.6) is 5.75 Å². The van der Waals surface area contributed by atoms with Gasteiger partial charge in [0.2, 0.25) is 5.91 Å². The Morgan fingerprint density at radius 1 is 1.34 bits per heavy atom. The molecule has 0 radical (unpaired) electrons. The zero-order valence-corrected chi connectivity index (χ0v) is 16.1. The molecule has 1 aliphatic heterocycles. The minimum Gasteiger partial charge on any atom is -0.493 e. The Morgan fingerprint density at radius 2 is 2.10 bits per heavy atom. The third-order valence-electron chi connectivity index (χ3n) is 4.79. The number of imide groups is 1. The standard InChI is InChI=1S/C19H22F3N3O4/c1-3-5-12-14(7-6-13-16(12)29-24-17(13)19(20,21)22)28-9-4-8-25-11(2)10-15(26)23-18(25)27/h6-7,11H,3-5,8-10H2,1-2H3,(H,23,26,27). The average Bonchev–Trinajstić information content (AvgIpc) is 3.06. The Balaban J connectivity index is 1.69. The van der Waals surface area contributed by atoms with Crippen LogP contribution >= 0.6 is 0 Å². The minimum atomic E-state index is -4.59. The highest BCUT2D eigenvalue weighted by atomic mass is 19.4. The lowest BCUT2D eigenvalue weighted by Gasteiger charge is -2.32. The number of halogens is 3. The number of aryl methyl sites for hydroxylation is 1. The largest absolute Gasteiger partial charge is 0.493 e. The van der Waals surface area contributed by atoms with Gasteiger partial charge in [-0.2, -0.15) is 13.2 Å². The van der Waals surface area contributed by atoms with Crippen LogP contribution in [-0.4, -0.2) is 41.2 Å². The second-order valence-electron chi connectivity index (χ2n) is 7.00. The van der Waals surface area contributed by atoms with E-state index in [1.807, 2.05) is 6.92 Å². The number of benzene rings is 1. The highest BCUT2D eigenvalue weighted by molar-refractivity contribution is 5.97. The highest BCUT2D eigenvalue weighted by Crippen LogP contribution is 2.38. The first-order chi connectivity index (χ1) is 13.7. The van der Waals surface area contributed by atoms with Gasteiger partial charge in [-0.15, -0.1) is 0 Å². The molecule has 1 aromatic carbocycles. The molecule has 7 nitrogen and oxygen atoms in total. The predicted molar refractivity (Wildman–Crippen MR) is 97.4 cm³/mol. The van der Waals surface area contributed by atoms with E-state index < -0.39 is 17.9 Å². The highest BCUT2D eigenvalue weighted by Gasteiger charge is 2.37. The number of rotatable bonds is 7. The zero-order chi connectivity index (χ0) is 21.2. The van der Waals surface area contributed by atoms with Crippen molar-refractivity contribution in [3.8, 4) is 5.75 Å². The molecule has 1 unspecified atom stereocenters. The second-order valence-corrected chi connectivity index (χ2v) is 7.00. The van der Waals surface area contributed by atoms with Crippen molar-refractivity contribution in [1.29, 1.82) is 0 Å². The van der Waals surface area contributed by atoms with E-state index in [2.05, 4.69) is 10.5 Å². The summed E-state index contributed by atoms with van der Waals surface area (Å²) in [5.74, 6) is 0.147. The Kier molecular flexibility index (Phi) is 5.99. The van der Waals surface area contributed by atoms with E-state index in [1.165, 1.54) is 12.1 Å². The van der Waals surface area contributed by atoms with Crippen LogP contribution in [-0.2, 0) is 17.4 Å². The number of fused-ring (bicyclic) bond motifs is 1. The maximum atomic E-state index is 13.1. The van der Waals surface area contributed by atoms with E-state index in [9.17, 15) is 22.8 Å². The number of hydrogen-bond acceptors (Lipinski definition) is 5. The van der Waals surface area contributed by atoms with Crippen LogP contribution in [0.15, 0.2) is 16.7 Å². The third kappa shape index (κ3) is 4.46. The summed E-state index contributed by atoms with van der Waals surface area (Å²) in [5.41, 5.74) is -0.419. The number of nitrogens with one attached hydrogen (secondary N) is 1. The SMILES string of the molecule is CCCc1c(OCCCN2C(=O)NC(=O)CC2C)ccc2c(C(F)(F)F)noc12. The number of ether oxygens (including phenoxy) is 1. The molecular formula is C19H22F3N3O4. The summed E-state index contributed by atoms with van der Waals surface area (Å²) in [6, 6.07) is 2.17. The van der Waals surface area contributed by atoms with Gasteiger partial charge in [0, 0.05) is 24.6 Å². The summed E-state index contributed by atoms with van der Waals surface area (Å²) >= 11 is 0. The Hall–Kier alpha value is -2.78. The van der Waals surface area contributed by atoms with Gasteiger partial charge in [-0.25, -0.2) is 4.79 Å². The van der Waals surface area contributed by atoms with Gasteiger partial charge in [-0.1, -0.05) is 18.5 Å². The summed E-state index contributed by atoms with van der Waals surface area (Å²) in [7, 11) is 0.